The van der Waals surface area contributed by atoms with Crippen LogP contribution in [-0.2, 0) is 5.41 Å². The van der Waals surface area contributed by atoms with Crippen molar-refractivity contribution in [3.8, 4) is 16.9 Å². The molecule has 43 heavy (non-hydrogen) atoms. The van der Waals surface area contributed by atoms with Crippen LogP contribution >= 0.6 is 0 Å². The summed E-state index contributed by atoms with van der Waals surface area (Å²) in [5.41, 5.74) is 8.24. The third kappa shape index (κ3) is 7.96. The molecule has 0 radical (unpaired) electrons. The van der Waals surface area contributed by atoms with E-state index in [1.54, 1.807) is 0 Å². The van der Waals surface area contributed by atoms with E-state index in [0.29, 0.717) is 0 Å². The van der Waals surface area contributed by atoms with E-state index in [0.717, 1.165) is 34.6 Å². The van der Waals surface area contributed by atoms with E-state index in [4.69, 9.17) is 5.10 Å². The molecule has 2 heterocycles. The Labute approximate surface area is 256 Å². The van der Waals surface area contributed by atoms with Gasteiger partial charge in [-0.2, -0.15) is 5.10 Å². The van der Waals surface area contributed by atoms with Gasteiger partial charge < -0.3 is 0 Å². The molecular formula is C40H41N3. The minimum absolute atomic E-state index is 0.118. The smallest absolute Gasteiger partial charge is 0.0862 e. The van der Waals surface area contributed by atoms with Gasteiger partial charge in [-0.25, -0.2) is 4.68 Å². The Kier molecular flexibility index (Phi) is 9.01. The van der Waals surface area contributed by atoms with Gasteiger partial charge in [0.1, 0.15) is 0 Å². The van der Waals surface area contributed by atoms with Crippen molar-refractivity contribution in [2.75, 3.05) is 0 Å². The maximum atomic E-state index is 4.95. The summed E-state index contributed by atoms with van der Waals surface area (Å²) in [5.74, 6) is 0. The van der Waals surface area contributed by atoms with E-state index in [1.807, 2.05) is 42.6 Å². The Morgan fingerprint density at radius 3 is 1.95 bits per heavy atom. The second-order valence-corrected chi connectivity index (χ2v) is 12.8. The van der Waals surface area contributed by atoms with Crippen molar-refractivity contribution in [2.24, 2.45) is 5.41 Å². The summed E-state index contributed by atoms with van der Waals surface area (Å²) < 4.78 is 2.06. The summed E-state index contributed by atoms with van der Waals surface area (Å²) >= 11 is 0. The Morgan fingerprint density at radius 2 is 1.28 bits per heavy atom. The van der Waals surface area contributed by atoms with Crippen molar-refractivity contribution >= 4 is 23.1 Å². The van der Waals surface area contributed by atoms with E-state index >= 15 is 0 Å². The largest absolute Gasteiger partial charge is 0.256 e. The first-order valence-electron chi connectivity index (χ1n) is 15.0. The monoisotopic (exact) mass is 563 g/mol. The van der Waals surface area contributed by atoms with E-state index in [1.165, 1.54) is 16.5 Å². The summed E-state index contributed by atoms with van der Waals surface area (Å²) in [6.45, 7) is 11.6. The summed E-state index contributed by atoms with van der Waals surface area (Å²) in [7, 11) is 0. The quantitative estimate of drug-likeness (QED) is 0.202. The average molecular weight is 564 g/mol. The molecule has 6 aromatic rings. The van der Waals surface area contributed by atoms with Gasteiger partial charge in [0.15, 0.2) is 0 Å². The lowest BCUT2D eigenvalue weighted by molar-refractivity contribution is 0.284. The van der Waals surface area contributed by atoms with Crippen molar-refractivity contribution in [1.82, 2.24) is 14.8 Å². The average Bonchev–Trinajstić information content (AvgIpc) is 3.45. The Bertz CT molecular complexity index is 1710. The molecule has 0 saturated carbocycles. The minimum atomic E-state index is 0.118. The van der Waals surface area contributed by atoms with E-state index in [2.05, 4.69) is 147 Å². The maximum Gasteiger partial charge on any atom is 0.0862 e. The maximum absolute atomic E-state index is 4.95. The van der Waals surface area contributed by atoms with Gasteiger partial charge in [-0.05, 0) is 64.8 Å². The number of hydrogen-bond acceptors (Lipinski definition) is 2. The van der Waals surface area contributed by atoms with Crippen molar-refractivity contribution in [3.63, 3.8) is 0 Å². The Balaban J connectivity index is 0.000000308. The summed E-state index contributed by atoms with van der Waals surface area (Å²) in [4.78, 5) is 4.18. The number of aromatic nitrogens is 3. The van der Waals surface area contributed by atoms with Crippen LogP contribution in [0.4, 0.5) is 0 Å². The van der Waals surface area contributed by atoms with Crippen LogP contribution in [0.15, 0.2) is 134 Å². The molecule has 3 heteroatoms. The molecule has 6 rings (SSSR count). The highest BCUT2D eigenvalue weighted by atomic mass is 15.3. The molecule has 2 aromatic heterocycles. The molecule has 0 aliphatic heterocycles. The minimum Gasteiger partial charge on any atom is -0.256 e. The van der Waals surface area contributed by atoms with Crippen LogP contribution in [0.25, 0.3) is 40.0 Å². The van der Waals surface area contributed by atoms with Crippen LogP contribution in [0, 0.1) is 5.41 Å². The zero-order valence-electron chi connectivity index (χ0n) is 25.9. The molecule has 216 valence electrons. The zero-order chi connectivity index (χ0) is 30.3. The molecule has 0 bridgehead atoms. The molecule has 0 fully saturated rings. The number of hydrogen-bond donors (Lipinski definition) is 0. The third-order valence-corrected chi connectivity index (χ3v) is 7.42. The molecule has 0 spiro atoms. The van der Waals surface area contributed by atoms with E-state index in [9.17, 15) is 0 Å². The normalized spacial score (nSPS) is 11.8. The van der Waals surface area contributed by atoms with Crippen LogP contribution in [-0.4, -0.2) is 14.8 Å². The highest BCUT2D eigenvalue weighted by molar-refractivity contribution is 5.77. The highest BCUT2D eigenvalue weighted by Gasteiger charge is 2.27. The van der Waals surface area contributed by atoms with Gasteiger partial charge in [0.2, 0.25) is 0 Å². The van der Waals surface area contributed by atoms with E-state index < -0.39 is 0 Å². The predicted molar refractivity (Wildman–Crippen MR) is 183 cm³/mol. The fourth-order valence-corrected chi connectivity index (χ4v) is 5.74. The molecule has 0 aliphatic carbocycles. The molecule has 3 nitrogen and oxygen atoms in total. The highest BCUT2D eigenvalue weighted by Crippen LogP contribution is 2.36. The molecular weight excluding hydrogens is 522 g/mol. The Hall–Kier alpha value is -4.76. The number of fused-ring (bicyclic) bond motifs is 1. The summed E-state index contributed by atoms with van der Waals surface area (Å²) in [6, 6.07) is 44.0. The Morgan fingerprint density at radius 1 is 0.651 bits per heavy atom. The molecule has 0 aliphatic rings. The first-order valence-corrected chi connectivity index (χ1v) is 15.0. The van der Waals surface area contributed by atoms with E-state index in [-0.39, 0.29) is 10.8 Å². The van der Waals surface area contributed by atoms with Crippen LogP contribution in [0.2, 0.25) is 0 Å². The first kappa shape index (κ1) is 29.7. The van der Waals surface area contributed by atoms with Gasteiger partial charge in [-0.3, -0.25) is 4.98 Å². The zero-order valence-corrected chi connectivity index (χ0v) is 25.9. The standard InChI is InChI=1S/C31H34N2.C9H7N/c1-30(2,3)23-31(4,5)26-17-20-28(21-18-26)33-29(25-14-10-7-11-15-25)22-27(32-33)19-16-24-12-8-6-9-13-24;1-2-6-9-8(4-1)5-3-7-10-9/h6-22H,23H2,1-5H3;1-7H. The predicted octanol–water partition coefficient (Wildman–Crippen LogP) is 10.7. The number of para-hydroxylation sites is 1. The molecule has 0 amide bonds. The van der Waals surface area contributed by atoms with Crippen molar-refractivity contribution in [3.05, 3.63) is 150 Å². The van der Waals surface area contributed by atoms with Gasteiger partial charge in [-0.15, -0.1) is 0 Å². The summed E-state index contributed by atoms with van der Waals surface area (Å²) in [5, 5.41) is 6.15. The van der Waals surface area contributed by atoms with Crippen LogP contribution in [0.5, 0.6) is 0 Å². The second-order valence-electron chi connectivity index (χ2n) is 12.8. The van der Waals surface area contributed by atoms with Gasteiger partial charge in [-0.1, -0.05) is 138 Å². The molecule has 0 unspecified atom stereocenters. The lowest BCUT2D eigenvalue weighted by atomic mass is 9.72. The lowest BCUT2D eigenvalue weighted by Crippen LogP contribution is -2.24. The summed E-state index contributed by atoms with van der Waals surface area (Å²) in [6.07, 6.45) is 7.13. The topological polar surface area (TPSA) is 30.7 Å². The SMILES string of the molecule is CC(C)(C)CC(C)(C)c1ccc(-n2nc(C=Cc3ccccc3)cc2-c2ccccc2)cc1.c1ccc2ncccc2c1. The second kappa shape index (κ2) is 13.0. The van der Waals surface area contributed by atoms with Crippen molar-refractivity contribution < 1.29 is 0 Å². The number of rotatable bonds is 6. The number of nitrogens with zero attached hydrogens (tertiary/aromatic N) is 3. The van der Waals surface area contributed by atoms with Crippen LogP contribution in [0.1, 0.15) is 57.9 Å². The fraction of sp³-hybridized carbons (Fsp3) is 0.200. The van der Waals surface area contributed by atoms with Crippen LogP contribution < -0.4 is 0 Å². The van der Waals surface area contributed by atoms with Crippen LogP contribution in [0.3, 0.4) is 0 Å². The van der Waals surface area contributed by atoms with Gasteiger partial charge in [0.25, 0.3) is 0 Å². The van der Waals surface area contributed by atoms with Crippen molar-refractivity contribution in [1.29, 1.82) is 0 Å². The van der Waals surface area contributed by atoms with Crippen molar-refractivity contribution in [2.45, 2.75) is 46.5 Å². The molecule has 0 saturated heterocycles. The molecule has 0 N–H and O–H groups in total. The third-order valence-electron chi connectivity index (χ3n) is 7.42. The number of benzene rings is 4. The fourth-order valence-electron chi connectivity index (χ4n) is 5.74. The van der Waals surface area contributed by atoms with Gasteiger partial charge in [0.05, 0.1) is 22.6 Å². The molecule has 4 aromatic carbocycles. The van der Waals surface area contributed by atoms with Gasteiger partial charge >= 0.3 is 0 Å². The lowest BCUT2D eigenvalue weighted by Gasteiger charge is -2.33. The molecule has 0 atom stereocenters. The number of pyridine rings is 1. The first-order chi connectivity index (χ1) is 20.7. The van der Waals surface area contributed by atoms with Gasteiger partial charge in [0, 0.05) is 17.1 Å².